The lowest BCUT2D eigenvalue weighted by molar-refractivity contribution is 0.0723. The third-order valence-corrected chi connectivity index (χ3v) is 4.98. The van der Waals surface area contributed by atoms with Crippen molar-refractivity contribution in [3.8, 4) is 5.75 Å². The number of fused-ring (bicyclic) bond motifs is 1. The van der Waals surface area contributed by atoms with Gasteiger partial charge in [-0.15, -0.1) is 0 Å². The summed E-state index contributed by atoms with van der Waals surface area (Å²) in [4.78, 5) is 29.1. The number of hydrogen-bond donors (Lipinski definition) is 2. The van der Waals surface area contributed by atoms with E-state index >= 15 is 0 Å². The van der Waals surface area contributed by atoms with Gasteiger partial charge in [0.15, 0.2) is 0 Å². The number of hydrogen-bond acceptors (Lipinski definition) is 3. The summed E-state index contributed by atoms with van der Waals surface area (Å²) in [7, 11) is 0. The molecule has 1 aromatic carbocycles. The third kappa shape index (κ3) is 3.07. The minimum absolute atomic E-state index is 0.0374. The summed E-state index contributed by atoms with van der Waals surface area (Å²) in [6.07, 6.45) is -2.66. The summed E-state index contributed by atoms with van der Waals surface area (Å²) in [6, 6.07) is 2.70. The number of phenols is 1. The Bertz CT molecular complexity index is 956. The van der Waals surface area contributed by atoms with Gasteiger partial charge in [0, 0.05) is 23.4 Å². The van der Waals surface area contributed by atoms with Crippen LogP contribution in [0.25, 0.3) is 0 Å². The van der Waals surface area contributed by atoms with Crippen LogP contribution < -0.4 is 5.56 Å². The van der Waals surface area contributed by atoms with Crippen molar-refractivity contribution in [3.05, 3.63) is 61.0 Å². The number of carbonyl (C=O) groups excluding carboxylic acids is 1. The van der Waals surface area contributed by atoms with Gasteiger partial charge in [0.05, 0.1) is 17.1 Å². The average molecular weight is 383 g/mol. The van der Waals surface area contributed by atoms with Gasteiger partial charge in [-0.2, -0.15) is 0 Å². The topological polar surface area (TPSA) is 73.4 Å². The molecule has 1 aliphatic heterocycles. The molecule has 0 saturated heterocycles. The van der Waals surface area contributed by atoms with E-state index in [1.54, 1.807) is 19.9 Å². The average Bonchev–Trinajstić information content (AvgIpc) is 2.55. The first kappa shape index (κ1) is 18.4. The molecule has 0 spiro atoms. The Morgan fingerprint density at radius 3 is 2.62 bits per heavy atom. The number of H-pyrrole nitrogens is 1. The number of halogens is 3. The van der Waals surface area contributed by atoms with Gasteiger partial charge < -0.3 is 15.0 Å². The van der Waals surface area contributed by atoms with E-state index in [1.165, 1.54) is 4.90 Å². The first-order chi connectivity index (χ1) is 12.2. The molecule has 0 atom stereocenters. The third-order valence-electron chi connectivity index (χ3n) is 4.60. The Labute approximate surface area is 153 Å². The summed E-state index contributed by atoms with van der Waals surface area (Å²) in [5.41, 5.74) is 1.22. The molecule has 0 aliphatic carbocycles. The maximum absolute atomic E-state index is 13.3. The molecule has 3 rings (SSSR count). The number of aromatic nitrogens is 1. The van der Waals surface area contributed by atoms with Crippen LogP contribution in [0.3, 0.4) is 0 Å². The van der Waals surface area contributed by atoms with E-state index in [0.29, 0.717) is 11.3 Å². The number of pyridine rings is 1. The lowest BCUT2D eigenvalue weighted by atomic mass is 9.93. The van der Waals surface area contributed by atoms with Crippen LogP contribution in [0.1, 0.15) is 44.7 Å². The summed E-state index contributed by atoms with van der Waals surface area (Å²) in [5.74, 6) is -1.13. The SMILES string of the molecule is Cc1cc(C)c(CN2CCc3c(C(F)F)cc(O)c(Cl)c3C2=O)c(=O)[nH]1. The molecule has 8 heteroatoms. The largest absolute Gasteiger partial charge is 0.506 e. The van der Waals surface area contributed by atoms with Gasteiger partial charge in [-0.05, 0) is 43.5 Å². The molecule has 2 N–H and O–H groups in total. The zero-order chi connectivity index (χ0) is 19.2. The summed E-state index contributed by atoms with van der Waals surface area (Å²) in [6.45, 7) is 3.75. The van der Waals surface area contributed by atoms with E-state index in [4.69, 9.17) is 11.6 Å². The van der Waals surface area contributed by atoms with E-state index in [-0.39, 0.29) is 46.8 Å². The predicted molar refractivity (Wildman–Crippen MR) is 93.1 cm³/mol. The quantitative estimate of drug-likeness (QED) is 0.853. The van der Waals surface area contributed by atoms with Crippen LogP contribution >= 0.6 is 11.6 Å². The monoisotopic (exact) mass is 382 g/mol. The van der Waals surface area contributed by atoms with Crippen LogP contribution in [0.4, 0.5) is 8.78 Å². The van der Waals surface area contributed by atoms with Crippen LogP contribution in [-0.4, -0.2) is 27.4 Å². The number of nitrogens with zero attached hydrogens (tertiary/aromatic N) is 1. The van der Waals surface area contributed by atoms with Gasteiger partial charge in [0.25, 0.3) is 17.9 Å². The fourth-order valence-corrected chi connectivity index (χ4v) is 3.57. The highest BCUT2D eigenvalue weighted by molar-refractivity contribution is 6.35. The number of phenolic OH excluding ortho intramolecular Hbond substituents is 1. The second kappa shape index (κ2) is 6.72. The Morgan fingerprint density at radius 2 is 2.00 bits per heavy atom. The molecule has 2 heterocycles. The van der Waals surface area contributed by atoms with E-state index < -0.39 is 18.1 Å². The highest BCUT2D eigenvalue weighted by Gasteiger charge is 2.33. The van der Waals surface area contributed by atoms with Crippen LogP contribution in [0.15, 0.2) is 16.9 Å². The van der Waals surface area contributed by atoms with E-state index in [0.717, 1.165) is 11.6 Å². The molecule has 1 aliphatic rings. The first-order valence-electron chi connectivity index (χ1n) is 8.01. The van der Waals surface area contributed by atoms with Crippen LogP contribution in [0.5, 0.6) is 5.75 Å². The molecule has 0 fully saturated rings. The number of amides is 1. The Hall–Kier alpha value is -2.41. The van der Waals surface area contributed by atoms with Gasteiger partial charge >= 0.3 is 0 Å². The Kier molecular flexibility index (Phi) is 4.75. The van der Waals surface area contributed by atoms with Crippen molar-refractivity contribution in [2.75, 3.05) is 6.54 Å². The van der Waals surface area contributed by atoms with Crippen molar-refractivity contribution < 1.29 is 18.7 Å². The maximum Gasteiger partial charge on any atom is 0.264 e. The summed E-state index contributed by atoms with van der Waals surface area (Å²) in [5, 5.41) is 9.58. The van der Waals surface area contributed by atoms with Crippen molar-refractivity contribution in [1.29, 1.82) is 0 Å². The van der Waals surface area contributed by atoms with E-state index in [9.17, 15) is 23.5 Å². The molecule has 2 aromatic rings. The number of carbonyl (C=O) groups is 1. The van der Waals surface area contributed by atoms with Crippen molar-refractivity contribution in [3.63, 3.8) is 0 Å². The molecular weight excluding hydrogens is 366 g/mol. The molecular formula is C18H17ClF2N2O3. The highest BCUT2D eigenvalue weighted by Crippen LogP contribution is 2.39. The molecule has 0 unspecified atom stereocenters. The lowest BCUT2D eigenvalue weighted by Gasteiger charge is -2.31. The minimum Gasteiger partial charge on any atom is -0.506 e. The van der Waals surface area contributed by atoms with Gasteiger partial charge in [0.2, 0.25) is 0 Å². The number of aromatic hydroxyl groups is 1. The second-order valence-electron chi connectivity index (χ2n) is 6.37. The molecule has 0 saturated carbocycles. The number of nitrogens with one attached hydrogen (secondary N) is 1. The number of benzene rings is 1. The zero-order valence-corrected chi connectivity index (χ0v) is 15.0. The molecule has 26 heavy (non-hydrogen) atoms. The molecule has 0 radical (unpaired) electrons. The van der Waals surface area contributed by atoms with Crippen molar-refractivity contribution in [2.24, 2.45) is 0 Å². The molecule has 0 bridgehead atoms. The van der Waals surface area contributed by atoms with Crippen molar-refractivity contribution in [2.45, 2.75) is 33.2 Å². The Balaban J connectivity index is 2.02. The number of aromatic amines is 1. The maximum atomic E-state index is 13.3. The summed E-state index contributed by atoms with van der Waals surface area (Å²) >= 11 is 6.02. The van der Waals surface area contributed by atoms with E-state index in [2.05, 4.69) is 4.98 Å². The number of aryl methyl sites for hydroxylation is 2. The van der Waals surface area contributed by atoms with Crippen LogP contribution in [0, 0.1) is 13.8 Å². The van der Waals surface area contributed by atoms with Crippen molar-refractivity contribution in [1.82, 2.24) is 9.88 Å². The molecule has 1 amide bonds. The number of alkyl halides is 2. The minimum atomic E-state index is -2.83. The molecule has 1 aromatic heterocycles. The molecule has 5 nitrogen and oxygen atoms in total. The highest BCUT2D eigenvalue weighted by atomic mass is 35.5. The standard InChI is InChI=1S/C18H17ClF2N2O3/c1-8-5-9(2)22-17(25)12(8)7-23-4-3-10-11(16(20)21)6-13(24)15(19)14(10)18(23)26/h5-6,16,24H,3-4,7H2,1-2H3,(H,22,25). The first-order valence-corrected chi connectivity index (χ1v) is 8.39. The lowest BCUT2D eigenvalue weighted by Crippen LogP contribution is -2.39. The smallest absolute Gasteiger partial charge is 0.264 e. The Morgan fingerprint density at radius 1 is 1.31 bits per heavy atom. The molecule has 138 valence electrons. The van der Waals surface area contributed by atoms with Gasteiger partial charge in [0.1, 0.15) is 5.75 Å². The fraction of sp³-hybridized carbons (Fsp3) is 0.333. The zero-order valence-electron chi connectivity index (χ0n) is 14.2. The normalized spacial score (nSPS) is 14.1. The number of rotatable bonds is 3. The predicted octanol–water partition coefficient (Wildman–Crippen LogP) is 3.49. The van der Waals surface area contributed by atoms with Gasteiger partial charge in [-0.25, -0.2) is 8.78 Å². The van der Waals surface area contributed by atoms with Gasteiger partial charge in [-0.1, -0.05) is 11.6 Å². The van der Waals surface area contributed by atoms with Crippen LogP contribution in [0.2, 0.25) is 5.02 Å². The van der Waals surface area contributed by atoms with E-state index in [1.807, 2.05) is 0 Å². The van der Waals surface area contributed by atoms with Crippen LogP contribution in [-0.2, 0) is 13.0 Å². The van der Waals surface area contributed by atoms with Gasteiger partial charge in [-0.3, -0.25) is 9.59 Å². The summed E-state index contributed by atoms with van der Waals surface area (Å²) < 4.78 is 26.5. The fourth-order valence-electron chi connectivity index (χ4n) is 3.32. The second-order valence-corrected chi connectivity index (χ2v) is 6.75. The van der Waals surface area contributed by atoms with Crippen molar-refractivity contribution >= 4 is 17.5 Å².